The van der Waals surface area contributed by atoms with Crippen LogP contribution in [0.15, 0.2) is 28.9 Å². The molecule has 0 unspecified atom stereocenters. The molecule has 0 N–H and O–H groups in total. The molecule has 0 bridgehead atoms. The summed E-state index contributed by atoms with van der Waals surface area (Å²) in [6, 6.07) is 0. The first-order valence-electron chi connectivity index (χ1n) is 4.46. The van der Waals surface area contributed by atoms with Crippen LogP contribution in [-0.2, 0) is 4.79 Å². The van der Waals surface area contributed by atoms with Crippen molar-refractivity contribution in [3.8, 4) is 0 Å². The molecule has 68 valence electrons. The minimum absolute atomic E-state index is 0.0827. The van der Waals surface area contributed by atoms with Gasteiger partial charge in [-0.2, -0.15) is 0 Å². The van der Waals surface area contributed by atoms with Gasteiger partial charge in [0.05, 0.1) is 0 Å². The molecule has 0 aliphatic carbocycles. The van der Waals surface area contributed by atoms with Crippen LogP contribution in [0, 0.1) is 5.92 Å². The smallest absolute Gasteiger partial charge is 0.254 e. The maximum atomic E-state index is 11.5. The average molecular weight is 176 g/mol. The molecule has 0 aromatic heterocycles. The highest BCUT2D eigenvalue weighted by molar-refractivity contribution is 6.11. The lowest BCUT2D eigenvalue weighted by molar-refractivity contribution is -0.123. The highest BCUT2D eigenvalue weighted by Crippen LogP contribution is 2.23. The van der Waals surface area contributed by atoms with E-state index in [1.54, 1.807) is 4.90 Å². The number of amides is 1. The fourth-order valence-corrected chi connectivity index (χ4v) is 1.58. The third-order valence-corrected chi connectivity index (χ3v) is 2.22. The van der Waals surface area contributed by atoms with E-state index >= 15 is 0 Å². The Morgan fingerprint density at radius 1 is 1.54 bits per heavy atom. The van der Waals surface area contributed by atoms with Crippen molar-refractivity contribution in [2.75, 3.05) is 6.54 Å². The van der Waals surface area contributed by atoms with Crippen molar-refractivity contribution in [3.05, 3.63) is 23.9 Å². The van der Waals surface area contributed by atoms with Crippen molar-refractivity contribution >= 4 is 11.7 Å². The zero-order chi connectivity index (χ0) is 9.42. The summed E-state index contributed by atoms with van der Waals surface area (Å²) in [6.45, 7) is 4.45. The summed E-state index contributed by atoms with van der Waals surface area (Å²) in [6.07, 6.45) is 5.80. The molecule has 0 aromatic rings. The average Bonchev–Trinajstić information content (AvgIpc) is 2.48. The van der Waals surface area contributed by atoms with E-state index in [4.69, 9.17) is 0 Å². The van der Waals surface area contributed by atoms with Crippen LogP contribution >= 0.6 is 0 Å². The van der Waals surface area contributed by atoms with Crippen molar-refractivity contribution in [2.24, 2.45) is 10.9 Å². The van der Waals surface area contributed by atoms with Crippen LogP contribution in [0.2, 0.25) is 0 Å². The van der Waals surface area contributed by atoms with Crippen LogP contribution in [0.3, 0.4) is 0 Å². The molecule has 0 atom stereocenters. The Labute approximate surface area is 77.4 Å². The second-order valence-corrected chi connectivity index (χ2v) is 3.51. The SMILES string of the molecule is CC(C)C1=CC=CC2=NCC(=O)N12. The fourth-order valence-electron chi connectivity index (χ4n) is 1.58. The van der Waals surface area contributed by atoms with Gasteiger partial charge in [-0.1, -0.05) is 19.9 Å². The first kappa shape index (κ1) is 8.23. The van der Waals surface area contributed by atoms with Crippen LogP contribution in [0.4, 0.5) is 0 Å². The lowest BCUT2D eigenvalue weighted by atomic mass is 10.1. The topological polar surface area (TPSA) is 32.7 Å². The lowest BCUT2D eigenvalue weighted by Crippen LogP contribution is -2.34. The number of carbonyl (C=O) groups is 1. The van der Waals surface area contributed by atoms with Crippen LogP contribution in [0.25, 0.3) is 0 Å². The second-order valence-electron chi connectivity index (χ2n) is 3.51. The molecule has 3 nitrogen and oxygen atoms in total. The van der Waals surface area contributed by atoms with Crippen LogP contribution in [0.1, 0.15) is 13.8 Å². The van der Waals surface area contributed by atoms with Crippen LogP contribution in [0.5, 0.6) is 0 Å². The summed E-state index contributed by atoms with van der Waals surface area (Å²) in [5.41, 5.74) is 1.05. The Hall–Kier alpha value is -1.38. The highest BCUT2D eigenvalue weighted by atomic mass is 16.2. The number of carbonyl (C=O) groups excluding carboxylic acids is 1. The third kappa shape index (κ3) is 1.20. The number of aliphatic imine (C=N–C) groups is 1. The zero-order valence-corrected chi connectivity index (χ0v) is 7.82. The van der Waals surface area contributed by atoms with E-state index in [1.807, 2.05) is 18.2 Å². The Kier molecular flexibility index (Phi) is 1.79. The van der Waals surface area contributed by atoms with Gasteiger partial charge >= 0.3 is 0 Å². The van der Waals surface area contributed by atoms with Gasteiger partial charge in [0.25, 0.3) is 5.91 Å². The molecule has 13 heavy (non-hydrogen) atoms. The van der Waals surface area contributed by atoms with Gasteiger partial charge in [0, 0.05) is 5.70 Å². The van der Waals surface area contributed by atoms with E-state index in [-0.39, 0.29) is 5.91 Å². The molecule has 3 heteroatoms. The molecule has 2 aliphatic rings. The van der Waals surface area contributed by atoms with Crippen LogP contribution in [-0.4, -0.2) is 23.2 Å². The monoisotopic (exact) mass is 176 g/mol. The Balaban J connectivity index is 2.38. The summed E-state index contributed by atoms with van der Waals surface area (Å²) in [4.78, 5) is 17.3. The molecule has 0 saturated carbocycles. The molecule has 2 rings (SSSR count). The normalized spacial score (nSPS) is 20.5. The van der Waals surface area contributed by atoms with E-state index in [2.05, 4.69) is 18.8 Å². The van der Waals surface area contributed by atoms with Crippen molar-refractivity contribution in [1.29, 1.82) is 0 Å². The maximum absolute atomic E-state index is 11.5. The highest BCUT2D eigenvalue weighted by Gasteiger charge is 2.29. The van der Waals surface area contributed by atoms with Gasteiger partial charge in [0.2, 0.25) is 0 Å². The standard InChI is InChI=1S/C10H12N2O/c1-7(2)8-4-3-5-9-11-6-10(13)12(8)9/h3-5,7H,6H2,1-2H3. The summed E-state index contributed by atoms with van der Waals surface area (Å²) in [5.74, 6) is 1.23. The minimum Gasteiger partial charge on any atom is -0.272 e. The molecular weight excluding hydrogens is 164 g/mol. The number of hydrogen-bond acceptors (Lipinski definition) is 2. The molecule has 0 radical (unpaired) electrons. The molecule has 0 spiro atoms. The number of allylic oxidation sites excluding steroid dienone is 3. The number of fused-ring (bicyclic) bond motifs is 1. The quantitative estimate of drug-likeness (QED) is 0.593. The Morgan fingerprint density at radius 3 is 3.00 bits per heavy atom. The predicted molar refractivity (Wildman–Crippen MR) is 51.2 cm³/mol. The number of rotatable bonds is 1. The molecule has 2 aliphatic heterocycles. The number of nitrogens with zero attached hydrogens (tertiary/aromatic N) is 2. The van der Waals surface area contributed by atoms with Gasteiger partial charge in [-0.05, 0) is 18.1 Å². The van der Waals surface area contributed by atoms with E-state index < -0.39 is 0 Å². The largest absolute Gasteiger partial charge is 0.272 e. The van der Waals surface area contributed by atoms with E-state index in [1.165, 1.54) is 0 Å². The van der Waals surface area contributed by atoms with Gasteiger partial charge in [-0.3, -0.25) is 14.7 Å². The van der Waals surface area contributed by atoms with Crippen molar-refractivity contribution in [2.45, 2.75) is 13.8 Å². The van der Waals surface area contributed by atoms with Gasteiger partial charge in [-0.15, -0.1) is 0 Å². The van der Waals surface area contributed by atoms with E-state index in [0.29, 0.717) is 12.5 Å². The minimum atomic E-state index is 0.0827. The van der Waals surface area contributed by atoms with Crippen LogP contribution < -0.4 is 0 Å². The van der Waals surface area contributed by atoms with Crippen molar-refractivity contribution in [3.63, 3.8) is 0 Å². The molecule has 2 heterocycles. The molecule has 1 amide bonds. The van der Waals surface area contributed by atoms with Crippen molar-refractivity contribution in [1.82, 2.24) is 4.90 Å². The molecular formula is C10H12N2O. The van der Waals surface area contributed by atoms with E-state index in [9.17, 15) is 4.79 Å². The van der Waals surface area contributed by atoms with E-state index in [0.717, 1.165) is 11.5 Å². The van der Waals surface area contributed by atoms with Gasteiger partial charge < -0.3 is 0 Å². The Bertz CT molecular complexity index is 337. The molecule has 0 aromatic carbocycles. The molecule has 0 saturated heterocycles. The third-order valence-electron chi connectivity index (χ3n) is 2.22. The summed E-state index contributed by atoms with van der Waals surface area (Å²) < 4.78 is 0. The lowest BCUT2D eigenvalue weighted by Gasteiger charge is -2.25. The first-order chi connectivity index (χ1) is 6.20. The summed E-state index contributed by atoms with van der Waals surface area (Å²) >= 11 is 0. The summed E-state index contributed by atoms with van der Waals surface area (Å²) in [7, 11) is 0. The second kappa shape index (κ2) is 2.83. The van der Waals surface area contributed by atoms with Gasteiger partial charge in [0.15, 0.2) is 0 Å². The molecule has 0 fully saturated rings. The number of amidine groups is 1. The van der Waals surface area contributed by atoms with Crippen molar-refractivity contribution < 1.29 is 4.79 Å². The number of hydrogen-bond donors (Lipinski definition) is 0. The first-order valence-corrected chi connectivity index (χ1v) is 4.46. The zero-order valence-electron chi connectivity index (χ0n) is 7.82. The predicted octanol–water partition coefficient (Wildman–Crippen LogP) is 1.34. The Morgan fingerprint density at radius 2 is 2.31 bits per heavy atom. The maximum Gasteiger partial charge on any atom is 0.254 e. The fraction of sp³-hybridized carbons (Fsp3) is 0.400. The summed E-state index contributed by atoms with van der Waals surface area (Å²) in [5, 5.41) is 0. The van der Waals surface area contributed by atoms with Gasteiger partial charge in [-0.25, -0.2) is 0 Å². The van der Waals surface area contributed by atoms with Gasteiger partial charge in [0.1, 0.15) is 12.4 Å².